The van der Waals surface area contributed by atoms with Crippen molar-refractivity contribution in [3.8, 4) is 5.75 Å². The smallest absolute Gasteiger partial charge is 0.262 e. The Morgan fingerprint density at radius 2 is 1.94 bits per heavy atom. The Labute approximate surface area is 187 Å². The normalized spacial score (nSPS) is 10.6. The summed E-state index contributed by atoms with van der Waals surface area (Å²) in [7, 11) is -3.91. The first kappa shape index (κ1) is 26.0. The Morgan fingerprint density at radius 1 is 1.23 bits per heavy atom. The van der Waals surface area contributed by atoms with Gasteiger partial charge < -0.3 is 16.2 Å². The van der Waals surface area contributed by atoms with Crippen LogP contribution in [0.4, 0.5) is 5.69 Å². The van der Waals surface area contributed by atoms with Crippen molar-refractivity contribution < 1.29 is 23.2 Å². The van der Waals surface area contributed by atoms with E-state index in [1.165, 1.54) is 18.2 Å². The number of phenolic OH excluding ortho intramolecular Hbond substituents is 1. The first-order valence-corrected chi connectivity index (χ1v) is 10.5. The van der Waals surface area contributed by atoms with Gasteiger partial charge in [-0.05, 0) is 43.2 Å². The maximum absolute atomic E-state index is 12.6. The summed E-state index contributed by atoms with van der Waals surface area (Å²) in [6.07, 6.45) is -0.155. The molecule has 31 heavy (non-hydrogen) atoms. The zero-order chi connectivity index (χ0) is 22.3. The standard InChI is InChI=1S/C19H25N5O5S.ClH/c1-12-4-3-5-14(10-12)30(27,28)24-16-7-6-13(2)15(18(16)26)11-17(25)22-8-9-29-23-19(20)21;/h3-7,10,24,26H,8-9,11H2,1-2H3,(H,22,25)(H4,20,21,23);1H. The van der Waals surface area contributed by atoms with Gasteiger partial charge in [-0.25, -0.2) is 13.9 Å². The number of carbonyl (C=O) groups is 1. The van der Waals surface area contributed by atoms with Gasteiger partial charge in [-0.15, -0.1) is 12.4 Å². The van der Waals surface area contributed by atoms with Crippen LogP contribution in [-0.2, 0) is 26.1 Å². The molecule has 0 fully saturated rings. The zero-order valence-corrected chi connectivity index (χ0v) is 18.7. The maximum atomic E-state index is 12.6. The first-order valence-electron chi connectivity index (χ1n) is 8.99. The van der Waals surface area contributed by atoms with Crippen LogP contribution < -0.4 is 21.3 Å². The van der Waals surface area contributed by atoms with Crippen molar-refractivity contribution in [2.45, 2.75) is 25.2 Å². The van der Waals surface area contributed by atoms with Crippen LogP contribution in [0, 0.1) is 19.3 Å². The van der Waals surface area contributed by atoms with E-state index in [9.17, 15) is 18.3 Å². The Hall–Kier alpha value is -3.02. The molecule has 1 amide bonds. The number of aromatic hydroxyl groups is 1. The van der Waals surface area contributed by atoms with E-state index in [0.717, 1.165) is 5.56 Å². The SMILES string of the molecule is Cc1cccc(S(=O)(=O)Nc2ccc(C)c(CC(=O)NCCONC(=N)N)c2O)c1.Cl. The number of phenols is 1. The van der Waals surface area contributed by atoms with E-state index in [2.05, 4.69) is 15.5 Å². The third kappa shape index (κ3) is 7.63. The zero-order valence-electron chi connectivity index (χ0n) is 17.1. The molecule has 0 atom stereocenters. The monoisotopic (exact) mass is 471 g/mol. The molecule has 7 N–H and O–H groups in total. The molecule has 2 aromatic carbocycles. The van der Waals surface area contributed by atoms with Crippen LogP contribution in [0.5, 0.6) is 5.75 Å². The Bertz CT molecular complexity index is 1050. The molecule has 0 radical (unpaired) electrons. The van der Waals surface area contributed by atoms with E-state index in [0.29, 0.717) is 11.1 Å². The minimum Gasteiger partial charge on any atom is -0.505 e. The van der Waals surface area contributed by atoms with Crippen LogP contribution in [0.1, 0.15) is 16.7 Å². The molecule has 0 saturated carbocycles. The predicted octanol–water partition coefficient (Wildman–Crippen LogP) is 1.31. The number of sulfonamides is 1. The number of nitrogens with one attached hydrogen (secondary N) is 4. The number of nitrogens with two attached hydrogens (primary N) is 1. The van der Waals surface area contributed by atoms with Crippen molar-refractivity contribution in [1.29, 1.82) is 5.41 Å². The van der Waals surface area contributed by atoms with Gasteiger partial charge in [0.1, 0.15) is 5.75 Å². The summed E-state index contributed by atoms with van der Waals surface area (Å²) in [5, 5.41) is 20.1. The quantitative estimate of drug-likeness (QED) is 0.105. The van der Waals surface area contributed by atoms with Gasteiger partial charge in [0.25, 0.3) is 10.0 Å². The van der Waals surface area contributed by atoms with Gasteiger partial charge in [-0.3, -0.25) is 19.8 Å². The molecule has 0 spiro atoms. The molecule has 0 aliphatic rings. The van der Waals surface area contributed by atoms with Crippen molar-refractivity contribution in [2.24, 2.45) is 5.73 Å². The molecule has 2 aromatic rings. The van der Waals surface area contributed by atoms with Crippen molar-refractivity contribution in [2.75, 3.05) is 17.9 Å². The number of amides is 1. The van der Waals surface area contributed by atoms with Gasteiger partial charge in [0.15, 0.2) is 0 Å². The highest BCUT2D eigenvalue weighted by Crippen LogP contribution is 2.32. The van der Waals surface area contributed by atoms with Crippen LogP contribution in [0.2, 0.25) is 0 Å². The third-order valence-corrected chi connectivity index (χ3v) is 5.47. The fraction of sp³-hybridized carbons (Fsp3) is 0.263. The van der Waals surface area contributed by atoms with E-state index >= 15 is 0 Å². The molecule has 170 valence electrons. The number of hydroxylamine groups is 1. The van der Waals surface area contributed by atoms with Gasteiger partial charge in [-0.2, -0.15) is 0 Å². The Morgan fingerprint density at radius 3 is 2.58 bits per heavy atom. The van der Waals surface area contributed by atoms with E-state index in [4.69, 9.17) is 16.0 Å². The van der Waals surface area contributed by atoms with Gasteiger partial charge in [-0.1, -0.05) is 18.2 Å². The molecule has 0 bridgehead atoms. The summed E-state index contributed by atoms with van der Waals surface area (Å²) in [6.45, 7) is 3.71. The Balaban J connectivity index is 0.00000480. The van der Waals surface area contributed by atoms with E-state index < -0.39 is 15.9 Å². The molecule has 0 heterocycles. The van der Waals surface area contributed by atoms with Crippen molar-refractivity contribution in [1.82, 2.24) is 10.8 Å². The summed E-state index contributed by atoms with van der Waals surface area (Å²) >= 11 is 0. The van der Waals surface area contributed by atoms with Gasteiger partial charge in [0, 0.05) is 12.1 Å². The second-order valence-electron chi connectivity index (χ2n) is 6.57. The van der Waals surface area contributed by atoms with E-state index in [1.807, 2.05) is 0 Å². The second-order valence-corrected chi connectivity index (χ2v) is 8.25. The van der Waals surface area contributed by atoms with E-state index in [1.54, 1.807) is 32.0 Å². The fourth-order valence-electron chi connectivity index (χ4n) is 2.62. The average molecular weight is 472 g/mol. The summed E-state index contributed by atoms with van der Waals surface area (Å²) in [4.78, 5) is 17.1. The van der Waals surface area contributed by atoms with Gasteiger partial charge >= 0.3 is 0 Å². The predicted molar refractivity (Wildman–Crippen MR) is 120 cm³/mol. The Kier molecular flexibility index (Phi) is 9.56. The lowest BCUT2D eigenvalue weighted by Crippen LogP contribution is -2.34. The molecule has 0 aliphatic heterocycles. The van der Waals surface area contributed by atoms with Crippen LogP contribution in [-0.4, -0.2) is 38.5 Å². The van der Waals surface area contributed by atoms with Crippen molar-refractivity contribution >= 4 is 40.0 Å². The first-order chi connectivity index (χ1) is 14.1. The number of anilines is 1. The number of guanidine groups is 1. The topological polar surface area (TPSA) is 167 Å². The van der Waals surface area contributed by atoms with Crippen LogP contribution in [0.15, 0.2) is 41.3 Å². The lowest BCUT2D eigenvalue weighted by Gasteiger charge is -2.15. The second kappa shape index (κ2) is 11.4. The molecule has 0 unspecified atom stereocenters. The van der Waals surface area contributed by atoms with Crippen molar-refractivity contribution in [3.63, 3.8) is 0 Å². The lowest BCUT2D eigenvalue weighted by atomic mass is 10.0. The largest absolute Gasteiger partial charge is 0.505 e. The number of carbonyl (C=O) groups excluding carboxylic acids is 1. The highest BCUT2D eigenvalue weighted by Gasteiger charge is 2.19. The minimum atomic E-state index is -3.91. The highest BCUT2D eigenvalue weighted by molar-refractivity contribution is 7.92. The third-order valence-electron chi connectivity index (χ3n) is 4.11. The number of hydrogen-bond acceptors (Lipinski definition) is 6. The number of hydrogen-bond donors (Lipinski definition) is 6. The summed E-state index contributed by atoms with van der Waals surface area (Å²) in [5.74, 6) is -1.05. The number of benzene rings is 2. The van der Waals surface area contributed by atoms with Crippen molar-refractivity contribution in [3.05, 3.63) is 53.1 Å². The summed E-state index contributed by atoms with van der Waals surface area (Å²) in [6, 6.07) is 9.45. The number of rotatable bonds is 9. The summed E-state index contributed by atoms with van der Waals surface area (Å²) < 4.78 is 27.6. The molecule has 0 saturated heterocycles. The maximum Gasteiger partial charge on any atom is 0.262 e. The molecule has 12 heteroatoms. The van der Waals surface area contributed by atoms with Crippen LogP contribution in [0.3, 0.4) is 0 Å². The van der Waals surface area contributed by atoms with Gasteiger partial charge in [0.05, 0.1) is 23.6 Å². The molecule has 10 nitrogen and oxygen atoms in total. The number of halogens is 1. The minimum absolute atomic E-state index is 0. The fourth-order valence-corrected chi connectivity index (χ4v) is 3.79. The molecule has 0 aliphatic carbocycles. The highest BCUT2D eigenvalue weighted by atomic mass is 35.5. The molecule has 0 aromatic heterocycles. The van der Waals surface area contributed by atoms with Gasteiger partial charge in [0.2, 0.25) is 11.9 Å². The van der Waals surface area contributed by atoms with Crippen LogP contribution >= 0.6 is 12.4 Å². The summed E-state index contributed by atoms with van der Waals surface area (Å²) in [5.41, 5.74) is 8.90. The molecular weight excluding hydrogens is 446 g/mol. The number of aryl methyl sites for hydroxylation is 2. The van der Waals surface area contributed by atoms with E-state index in [-0.39, 0.29) is 54.3 Å². The average Bonchev–Trinajstić information content (AvgIpc) is 2.67. The molecule has 2 rings (SSSR count). The lowest BCUT2D eigenvalue weighted by molar-refractivity contribution is -0.120. The van der Waals surface area contributed by atoms with Crippen LogP contribution in [0.25, 0.3) is 0 Å². The molecular formula is C19H26ClN5O5S.